The molecule has 0 radical (unpaired) electrons. The van der Waals surface area contributed by atoms with Gasteiger partial charge in [0.25, 0.3) is 0 Å². The van der Waals surface area contributed by atoms with Gasteiger partial charge in [-0.2, -0.15) is 0 Å². The van der Waals surface area contributed by atoms with Gasteiger partial charge < -0.3 is 14.3 Å². The molecule has 1 unspecified atom stereocenters. The fraction of sp³-hybridized carbons (Fsp3) is 0.250. The van der Waals surface area contributed by atoms with E-state index >= 15 is 0 Å². The number of furan rings is 1. The number of hydrogen-bond acceptors (Lipinski definition) is 2. The van der Waals surface area contributed by atoms with E-state index in [1.807, 2.05) is 30.5 Å². The second-order valence-corrected chi connectivity index (χ2v) is 5.86. The third-order valence-electron chi connectivity index (χ3n) is 3.58. The van der Waals surface area contributed by atoms with Crippen LogP contribution in [-0.4, -0.2) is 11.1 Å². The van der Waals surface area contributed by atoms with Gasteiger partial charge in [-0.25, -0.2) is 0 Å². The average molecular weight is 323 g/mol. The first-order valence-corrected chi connectivity index (χ1v) is 7.61. The first kappa shape index (κ1) is 14.5. The molecule has 1 aromatic carbocycles. The molecule has 1 N–H and O–H groups in total. The number of benzene rings is 1. The van der Waals surface area contributed by atoms with Gasteiger partial charge in [0.1, 0.15) is 5.76 Å². The number of hydrogen-bond donors (Lipinski definition) is 1. The van der Waals surface area contributed by atoms with Crippen LogP contribution in [0.1, 0.15) is 18.7 Å². The van der Waals surface area contributed by atoms with E-state index < -0.39 is 0 Å². The molecule has 110 valence electrons. The molecular formula is C16H16Cl2N2O. The molecule has 3 rings (SSSR count). The molecule has 0 aliphatic heterocycles. The first-order chi connectivity index (χ1) is 10.1. The van der Waals surface area contributed by atoms with Crippen molar-refractivity contribution in [1.29, 1.82) is 0 Å². The third kappa shape index (κ3) is 3.10. The number of halogens is 2. The molecule has 2 aromatic heterocycles. The van der Waals surface area contributed by atoms with Crippen molar-refractivity contribution in [2.45, 2.75) is 19.5 Å². The van der Waals surface area contributed by atoms with Crippen molar-refractivity contribution in [3.05, 3.63) is 58.6 Å². The summed E-state index contributed by atoms with van der Waals surface area (Å²) in [7, 11) is 0. The van der Waals surface area contributed by atoms with Crippen LogP contribution in [0.25, 0.3) is 10.9 Å². The summed E-state index contributed by atoms with van der Waals surface area (Å²) in [6, 6.07) is 9.79. The van der Waals surface area contributed by atoms with Gasteiger partial charge in [0.05, 0.1) is 22.8 Å². The Bertz CT molecular complexity index is 734. The molecule has 0 fully saturated rings. The Morgan fingerprint density at radius 3 is 2.90 bits per heavy atom. The molecule has 0 spiro atoms. The maximum atomic E-state index is 6.20. The highest BCUT2D eigenvalue weighted by Crippen LogP contribution is 2.28. The molecule has 21 heavy (non-hydrogen) atoms. The highest BCUT2D eigenvalue weighted by Gasteiger charge is 2.09. The SMILES string of the molecule is CC(NCCn1ccc2c(Cl)cc(Cl)cc21)c1ccco1. The van der Waals surface area contributed by atoms with Crippen LogP contribution in [0.3, 0.4) is 0 Å². The highest BCUT2D eigenvalue weighted by molar-refractivity contribution is 6.38. The molecule has 3 aromatic rings. The standard InChI is InChI=1S/C16H16Cl2N2O/c1-11(16-3-2-8-21-16)19-5-7-20-6-4-13-14(18)9-12(17)10-15(13)20/h2-4,6,8-11,19H,5,7H2,1H3. The van der Waals surface area contributed by atoms with Crippen LogP contribution in [0.4, 0.5) is 0 Å². The van der Waals surface area contributed by atoms with Crippen molar-refractivity contribution in [1.82, 2.24) is 9.88 Å². The maximum absolute atomic E-state index is 6.20. The Hall–Kier alpha value is -1.42. The lowest BCUT2D eigenvalue weighted by atomic mass is 10.2. The molecule has 1 atom stereocenters. The monoisotopic (exact) mass is 322 g/mol. The van der Waals surface area contributed by atoms with Crippen LogP contribution in [0.15, 0.2) is 47.2 Å². The minimum Gasteiger partial charge on any atom is -0.468 e. The van der Waals surface area contributed by atoms with Gasteiger partial charge in [-0.05, 0) is 37.3 Å². The highest BCUT2D eigenvalue weighted by atomic mass is 35.5. The second-order valence-electron chi connectivity index (χ2n) is 5.02. The fourth-order valence-electron chi connectivity index (χ4n) is 2.45. The van der Waals surface area contributed by atoms with Crippen molar-refractivity contribution >= 4 is 34.1 Å². The first-order valence-electron chi connectivity index (χ1n) is 6.86. The van der Waals surface area contributed by atoms with Crippen LogP contribution in [0.5, 0.6) is 0 Å². The molecule has 3 nitrogen and oxygen atoms in total. The van der Waals surface area contributed by atoms with E-state index in [1.165, 1.54) is 0 Å². The molecule has 0 bridgehead atoms. The Kier molecular flexibility index (Phi) is 4.24. The Morgan fingerprint density at radius 1 is 1.29 bits per heavy atom. The lowest BCUT2D eigenvalue weighted by Crippen LogP contribution is -2.22. The van der Waals surface area contributed by atoms with Crippen molar-refractivity contribution in [3.8, 4) is 0 Å². The van der Waals surface area contributed by atoms with E-state index in [4.69, 9.17) is 27.6 Å². The summed E-state index contributed by atoms with van der Waals surface area (Å²) in [5.41, 5.74) is 1.06. The normalized spacial score (nSPS) is 12.9. The molecule has 0 amide bonds. The van der Waals surface area contributed by atoms with E-state index in [0.717, 1.165) is 29.8 Å². The van der Waals surface area contributed by atoms with Gasteiger partial charge in [0.2, 0.25) is 0 Å². The lowest BCUT2D eigenvalue weighted by Gasteiger charge is -2.12. The molecular weight excluding hydrogens is 307 g/mol. The van der Waals surface area contributed by atoms with Crippen LogP contribution >= 0.6 is 23.2 Å². The van der Waals surface area contributed by atoms with Crippen molar-refractivity contribution < 1.29 is 4.42 Å². The van der Waals surface area contributed by atoms with E-state index in [1.54, 1.807) is 12.3 Å². The van der Waals surface area contributed by atoms with Crippen molar-refractivity contribution in [2.75, 3.05) is 6.54 Å². The van der Waals surface area contributed by atoms with Crippen LogP contribution in [0.2, 0.25) is 10.0 Å². The number of aromatic nitrogens is 1. The molecule has 0 aliphatic rings. The zero-order valence-electron chi connectivity index (χ0n) is 11.6. The Labute approximate surface area is 133 Å². The van der Waals surface area contributed by atoms with Gasteiger partial charge in [-0.1, -0.05) is 23.2 Å². The zero-order chi connectivity index (χ0) is 14.8. The van der Waals surface area contributed by atoms with E-state index in [0.29, 0.717) is 10.0 Å². The zero-order valence-corrected chi connectivity index (χ0v) is 13.2. The number of nitrogens with zero attached hydrogens (tertiary/aromatic N) is 1. The van der Waals surface area contributed by atoms with E-state index in [2.05, 4.69) is 16.8 Å². The van der Waals surface area contributed by atoms with Gasteiger partial charge in [0, 0.05) is 29.7 Å². The van der Waals surface area contributed by atoms with Crippen LogP contribution < -0.4 is 5.32 Å². The summed E-state index contributed by atoms with van der Waals surface area (Å²) < 4.78 is 7.53. The number of rotatable bonds is 5. The number of nitrogens with one attached hydrogen (secondary N) is 1. The van der Waals surface area contributed by atoms with E-state index in [-0.39, 0.29) is 6.04 Å². The van der Waals surface area contributed by atoms with Gasteiger partial charge in [-0.3, -0.25) is 0 Å². The third-order valence-corrected chi connectivity index (χ3v) is 4.11. The summed E-state index contributed by atoms with van der Waals surface area (Å²) in [6.45, 7) is 3.75. The average Bonchev–Trinajstić information content (AvgIpc) is 3.08. The van der Waals surface area contributed by atoms with Crippen LogP contribution in [0, 0.1) is 0 Å². The largest absolute Gasteiger partial charge is 0.468 e. The summed E-state index contributed by atoms with van der Waals surface area (Å²) in [5.74, 6) is 0.943. The maximum Gasteiger partial charge on any atom is 0.120 e. The summed E-state index contributed by atoms with van der Waals surface area (Å²) in [5, 5.41) is 5.81. The molecule has 2 heterocycles. The molecule has 0 aliphatic carbocycles. The Balaban J connectivity index is 1.68. The van der Waals surface area contributed by atoms with Crippen molar-refractivity contribution in [3.63, 3.8) is 0 Å². The smallest absolute Gasteiger partial charge is 0.120 e. The molecule has 0 saturated carbocycles. The van der Waals surface area contributed by atoms with Crippen molar-refractivity contribution in [2.24, 2.45) is 0 Å². The number of fused-ring (bicyclic) bond motifs is 1. The molecule has 5 heteroatoms. The van der Waals surface area contributed by atoms with Gasteiger partial charge in [0.15, 0.2) is 0 Å². The molecule has 0 saturated heterocycles. The van der Waals surface area contributed by atoms with Gasteiger partial charge >= 0.3 is 0 Å². The van der Waals surface area contributed by atoms with E-state index in [9.17, 15) is 0 Å². The summed E-state index contributed by atoms with van der Waals surface area (Å²) in [6.07, 6.45) is 3.73. The predicted molar refractivity (Wildman–Crippen MR) is 87.1 cm³/mol. The Morgan fingerprint density at radius 2 is 2.14 bits per heavy atom. The lowest BCUT2D eigenvalue weighted by molar-refractivity contribution is 0.425. The predicted octanol–water partition coefficient (Wildman–Crippen LogP) is 4.89. The minimum atomic E-state index is 0.189. The quantitative estimate of drug-likeness (QED) is 0.724. The van der Waals surface area contributed by atoms with Crippen LogP contribution in [-0.2, 0) is 6.54 Å². The second kappa shape index (κ2) is 6.14. The minimum absolute atomic E-state index is 0.189. The van der Waals surface area contributed by atoms with Gasteiger partial charge in [-0.15, -0.1) is 0 Å². The fourth-order valence-corrected chi connectivity index (χ4v) is 3.00. The summed E-state index contributed by atoms with van der Waals surface area (Å²) in [4.78, 5) is 0. The topological polar surface area (TPSA) is 30.1 Å². The summed E-state index contributed by atoms with van der Waals surface area (Å²) >= 11 is 12.3.